The Morgan fingerprint density at radius 2 is 1.85 bits per heavy atom. The molecule has 0 bridgehead atoms. The van der Waals surface area contributed by atoms with E-state index in [9.17, 15) is 8.78 Å². The van der Waals surface area contributed by atoms with E-state index < -0.39 is 0 Å². The van der Waals surface area contributed by atoms with E-state index >= 15 is 0 Å². The summed E-state index contributed by atoms with van der Waals surface area (Å²) in [7, 11) is 0. The fraction of sp³-hybridized carbons (Fsp3) is 0.294. The summed E-state index contributed by atoms with van der Waals surface area (Å²) >= 11 is 0. The van der Waals surface area contributed by atoms with E-state index in [4.69, 9.17) is 0 Å². The molecule has 1 aliphatic rings. The number of rotatable bonds is 4. The predicted molar refractivity (Wildman–Crippen MR) is 76.4 cm³/mol. The molecule has 0 saturated heterocycles. The van der Waals surface area contributed by atoms with Gasteiger partial charge in [0, 0.05) is 18.2 Å². The molecule has 0 spiro atoms. The first kappa shape index (κ1) is 13.3. The van der Waals surface area contributed by atoms with E-state index in [-0.39, 0.29) is 11.6 Å². The largest absolute Gasteiger partial charge is 0.310 e. The van der Waals surface area contributed by atoms with Crippen molar-refractivity contribution in [3.8, 4) is 11.1 Å². The van der Waals surface area contributed by atoms with Gasteiger partial charge in [-0.1, -0.05) is 12.1 Å². The Hall–Kier alpha value is -1.74. The second-order valence-electron chi connectivity index (χ2n) is 5.43. The van der Waals surface area contributed by atoms with Crippen molar-refractivity contribution in [2.45, 2.75) is 32.4 Å². The molecule has 2 aromatic carbocycles. The number of hydrogen-bond donors (Lipinski definition) is 1. The summed E-state index contributed by atoms with van der Waals surface area (Å²) in [6, 6.07) is 10.1. The molecule has 104 valence electrons. The summed E-state index contributed by atoms with van der Waals surface area (Å²) < 4.78 is 27.4. The summed E-state index contributed by atoms with van der Waals surface area (Å²) in [5.41, 5.74) is 2.99. The van der Waals surface area contributed by atoms with Crippen LogP contribution in [0.15, 0.2) is 36.4 Å². The minimum atomic E-state index is -0.341. The van der Waals surface area contributed by atoms with E-state index in [1.807, 2.05) is 13.0 Å². The lowest BCUT2D eigenvalue weighted by molar-refractivity contribution is 0.623. The van der Waals surface area contributed by atoms with Gasteiger partial charge in [-0.3, -0.25) is 0 Å². The Labute approximate surface area is 117 Å². The maximum Gasteiger partial charge on any atom is 0.131 e. The second-order valence-corrected chi connectivity index (χ2v) is 5.43. The van der Waals surface area contributed by atoms with Gasteiger partial charge in [0.05, 0.1) is 0 Å². The molecular formula is C17H17F2N. The Balaban J connectivity index is 1.94. The van der Waals surface area contributed by atoms with E-state index in [1.54, 1.807) is 12.1 Å². The molecule has 0 aliphatic heterocycles. The van der Waals surface area contributed by atoms with Crippen LogP contribution in [0.5, 0.6) is 0 Å². The molecule has 0 atom stereocenters. The molecule has 1 saturated carbocycles. The highest BCUT2D eigenvalue weighted by molar-refractivity contribution is 5.68. The molecule has 0 aromatic heterocycles. The maximum absolute atomic E-state index is 14.0. The van der Waals surface area contributed by atoms with Crippen LogP contribution in [0.25, 0.3) is 11.1 Å². The van der Waals surface area contributed by atoms with E-state index in [0.717, 1.165) is 17.7 Å². The van der Waals surface area contributed by atoms with Crippen molar-refractivity contribution in [2.75, 3.05) is 0 Å². The summed E-state index contributed by atoms with van der Waals surface area (Å²) in [6.45, 7) is 2.59. The van der Waals surface area contributed by atoms with Crippen molar-refractivity contribution in [3.63, 3.8) is 0 Å². The van der Waals surface area contributed by atoms with Crippen molar-refractivity contribution in [1.29, 1.82) is 0 Å². The Morgan fingerprint density at radius 3 is 2.60 bits per heavy atom. The third-order valence-electron chi connectivity index (χ3n) is 3.69. The van der Waals surface area contributed by atoms with Crippen LogP contribution in [0.3, 0.4) is 0 Å². The number of nitrogens with one attached hydrogen (secondary N) is 1. The van der Waals surface area contributed by atoms with Gasteiger partial charge >= 0.3 is 0 Å². The minimum absolute atomic E-state index is 0.311. The fourth-order valence-electron chi connectivity index (χ4n) is 2.32. The van der Waals surface area contributed by atoms with Crippen LogP contribution >= 0.6 is 0 Å². The highest BCUT2D eigenvalue weighted by atomic mass is 19.1. The SMILES string of the molecule is Cc1ccc(F)cc1-c1cc(CNC2CC2)ccc1F. The first-order chi connectivity index (χ1) is 9.63. The van der Waals surface area contributed by atoms with Crippen LogP contribution in [-0.4, -0.2) is 6.04 Å². The Morgan fingerprint density at radius 1 is 1.05 bits per heavy atom. The highest BCUT2D eigenvalue weighted by Crippen LogP contribution is 2.28. The molecule has 20 heavy (non-hydrogen) atoms. The predicted octanol–water partition coefficient (Wildman–Crippen LogP) is 4.19. The average molecular weight is 273 g/mol. The first-order valence-corrected chi connectivity index (χ1v) is 6.92. The molecule has 0 unspecified atom stereocenters. The van der Waals surface area contributed by atoms with E-state index in [0.29, 0.717) is 17.2 Å². The Bertz CT molecular complexity index is 633. The van der Waals surface area contributed by atoms with Gasteiger partial charge in [0.25, 0.3) is 0 Å². The molecule has 3 heteroatoms. The quantitative estimate of drug-likeness (QED) is 0.880. The number of aryl methyl sites for hydroxylation is 1. The zero-order valence-electron chi connectivity index (χ0n) is 11.4. The smallest absolute Gasteiger partial charge is 0.131 e. The van der Waals surface area contributed by atoms with Crippen LogP contribution in [0.2, 0.25) is 0 Å². The fourth-order valence-corrected chi connectivity index (χ4v) is 2.32. The van der Waals surface area contributed by atoms with E-state index in [2.05, 4.69) is 5.32 Å². The molecule has 1 N–H and O–H groups in total. The molecule has 1 nitrogen and oxygen atoms in total. The lowest BCUT2D eigenvalue weighted by Gasteiger charge is -2.10. The maximum atomic E-state index is 14.0. The summed E-state index contributed by atoms with van der Waals surface area (Å²) in [5, 5.41) is 3.40. The molecule has 0 radical (unpaired) electrons. The first-order valence-electron chi connectivity index (χ1n) is 6.92. The van der Waals surface area contributed by atoms with Crippen molar-refractivity contribution < 1.29 is 8.78 Å². The highest BCUT2D eigenvalue weighted by Gasteiger charge is 2.20. The number of benzene rings is 2. The average Bonchev–Trinajstić information content (AvgIpc) is 3.25. The van der Waals surface area contributed by atoms with Crippen LogP contribution < -0.4 is 5.32 Å². The monoisotopic (exact) mass is 273 g/mol. The summed E-state index contributed by atoms with van der Waals surface area (Å²) in [6.07, 6.45) is 2.44. The van der Waals surface area contributed by atoms with Crippen LogP contribution in [0.4, 0.5) is 8.78 Å². The zero-order valence-corrected chi connectivity index (χ0v) is 11.4. The van der Waals surface area contributed by atoms with Gasteiger partial charge in [0.2, 0.25) is 0 Å². The second kappa shape index (κ2) is 5.33. The third kappa shape index (κ3) is 2.88. The third-order valence-corrected chi connectivity index (χ3v) is 3.69. The molecule has 1 fully saturated rings. The zero-order chi connectivity index (χ0) is 14.1. The van der Waals surface area contributed by atoms with Gasteiger partial charge in [-0.25, -0.2) is 8.78 Å². The number of hydrogen-bond acceptors (Lipinski definition) is 1. The molecule has 0 heterocycles. The molecular weight excluding hydrogens is 256 g/mol. The van der Waals surface area contributed by atoms with Gasteiger partial charge in [-0.05, 0) is 60.7 Å². The summed E-state index contributed by atoms with van der Waals surface area (Å²) in [4.78, 5) is 0. The van der Waals surface area contributed by atoms with Crippen molar-refractivity contribution in [1.82, 2.24) is 5.32 Å². The molecule has 0 amide bonds. The van der Waals surface area contributed by atoms with Crippen molar-refractivity contribution >= 4 is 0 Å². The molecule has 3 rings (SSSR count). The van der Waals surface area contributed by atoms with Crippen LogP contribution in [-0.2, 0) is 6.54 Å². The standard InChI is InChI=1S/C17H17F2N/c1-11-2-4-13(18)9-15(11)16-8-12(3-7-17(16)19)10-20-14-5-6-14/h2-4,7-9,14,20H,5-6,10H2,1H3. The van der Waals surface area contributed by atoms with Gasteiger partial charge in [-0.15, -0.1) is 0 Å². The summed E-state index contributed by atoms with van der Waals surface area (Å²) in [5.74, 6) is -0.652. The van der Waals surface area contributed by atoms with Gasteiger partial charge < -0.3 is 5.32 Å². The van der Waals surface area contributed by atoms with Crippen LogP contribution in [0, 0.1) is 18.6 Å². The van der Waals surface area contributed by atoms with Crippen molar-refractivity contribution in [2.24, 2.45) is 0 Å². The van der Waals surface area contributed by atoms with Crippen LogP contribution in [0.1, 0.15) is 24.0 Å². The van der Waals surface area contributed by atoms with Crippen molar-refractivity contribution in [3.05, 3.63) is 59.2 Å². The minimum Gasteiger partial charge on any atom is -0.310 e. The van der Waals surface area contributed by atoms with Gasteiger partial charge in [0.15, 0.2) is 0 Å². The Kier molecular flexibility index (Phi) is 3.53. The van der Waals surface area contributed by atoms with Gasteiger partial charge in [-0.2, -0.15) is 0 Å². The molecule has 2 aromatic rings. The van der Waals surface area contributed by atoms with Gasteiger partial charge in [0.1, 0.15) is 11.6 Å². The lowest BCUT2D eigenvalue weighted by atomic mass is 9.98. The molecule has 1 aliphatic carbocycles. The normalized spacial score (nSPS) is 14.6. The number of halogens is 2. The lowest BCUT2D eigenvalue weighted by Crippen LogP contribution is -2.15. The topological polar surface area (TPSA) is 12.0 Å². The van der Waals surface area contributed by atoms with E-state index in [1.165, 1.54) is 31.0 Å².